The van der Waals surface area contributed by atoms with E-state index >= 15 is 0 Å². The molecule has 162 valence electrons. The van der Waals surface area contributed by atoms with Gasteiger partial charge in [-0.15, -0.1) is 0 Å². The summed E-state index contributed by atoms with van der Waals surface area (Å²) in [6, 6.07) is 16.4. The number of aryl methyl sites for hydroxylation is 1. The second kappa shape index (κ2) is 9.24. The van der Waals surface area contributed by atoms with E-state index in [-0.39, 0.29) is 11.0 Å². The van der Waals surface area contributed by atoms with Gasteiger partial charge in [-0.25, -0.2) is 9.98 Å². The van der Waals surface area contributed by atoms with Gasteiger partial charge in [0.15, 0.2) is 5.11 Å². The number of aliphatic imine (C=N–C) groups is 1. The minimum Gasteiger partial charge on any atom is -0.333 e. The van der Waals surface area contributed by atoms with E-state index in [9.17, 15) is 4.79 Å². The maximum atomic E-state index is 13.3. The zero-order chi connectivity index (χ0) is 22.8. The van der Waals surface area contributed by atoms with Crippen LogP contribution in [0.15, 0.2) is 65.8 Å². The third kappa shape index (κ3) is 4.46. The highest BCUT2D eigenvalue weighted by Gasteiger charge is 2.31. The van der Waals surface area contributed by atoms with Gasteiger partial charge in [0.25, 0.3) is 5.91 Å². The van der Waals surface area contributed by atoms with Crippen molar-refractivity contribution in [3.05, 3.63) is 87.5 Å². The first kappa shape index (κ1) is 22.2. The molecule has 9 heteroatoms. The van der Waals surface area contributed by atoms with Crippen LogP contribution >= 0.6 is 35.4 Å². The first-order valence-electron chi connectivity index (χ1n) is 9.74. The van der Waals surface area contributed by atoms with Crippen LogP contribution in [0.2, 0.25) is 10.0 Å². The lowest BCUT2D eigenvalue weighted by atomic mass is 10.00. The average molecular weight is 484 g/mol. The number of nitrogens with zero attached hydrogens (tertiary/aromatic N) is 3. The van der Waals surface area contributed by atoms with Crippen LogP contribution in [0, 0.1) is 6.92 Å². The lowest BCUT2D eigenvalue weighted by Gasteiger charge is -2.22. The fourth-order valence-corrected chi connectivity index (χ4v) is 4.00. The Morgan fingerprint density at radius 2 is 1.88 bits per heavy atom. The SMILES string of the molecule is Cc1cccnc1NC(=S)NC1N=C(c2ccccc2Cl)c2cc(Cl)ccc2N(C)C1=O. The molecule has 1 aromatic heterocycles. The molecule has 1 aliphatic rings. The van der Waals surface area contributed by atoms with Crippen LogP contribution in [0.3, 0.4) is 0 Å². The Labute approximate surface area is 201 Å². The van der Waals surface area contributed by atoms with Crippen LogP contribution < -0.4 is 15.5 Å². The molecule has 1 unspecified atom stereocenters. The van der Waals surface area contributed by atoms with E-state index in [0.29, 0.717) is 38.4 Å². The summed E-state index contributed by atoms with van der Waals surface area (Å²) in [4.78, 5) is 23.9. The molecular weight excluding hydrogens is 465 g/mol. The van der Waals surface area contributed by atoms with Crippen molar-refractivity contribution < 1.29 is 4.79 Å². The number of nitrogens with one attached hydrogen (secondary N) is 2. The number of likely N-dealkylation sites (N-methyl/N-ethyl adjacent to an activating group) is 1. The van der Waals surface area contributed by atoms with Crippen molar-refractivity contribution in [3.63, 3.8) is 0 Å². The van der Waals surface area contributed by atoms with Crippen LogP contribution in [0.25, 0.3) is 0 Å². The summed E-state index contributed by atoms with van der Waals surface area (Å²) in [7, 11) is 1.69. The molecule has 1 atom stereocenters. The van der Waals surface area contributed by atoms with Gasteiger partial charge in [-0.3, -0.25) is 4.79 Å². The zero-order valence-electron chi connectivity index (χ0n) is 17.3. The third-order valence-electron chi connectivity index (χ3n) is 5.04. The number of carbonyl (C=O) groups excluding carboxylic acids is 1. The number of thiocarbonyl (C=S) groups is 1. The Balaban J connectivity index is 1.76. The number of anilines is 2. The van der Waals surface area contributed by atoms with Gasteiger partial charge >= 0.3 is 0 Å². The van der Waals surface area contributed by atoms with Crippen molar-refractivity contribution in [2.75, 3.05) is 17.3 Å². The molecule has 2 heterocycles. The number of fused-ring (bicyclic) bond motifs is 1. The zero-order valence-corrected chi connectivity index (χ0v) is 19.6. The first-order chi connectivity index (χ1) is 15.3. The third-order valence-corrected chi connectivity index (χ3v) is 5.82. The molecule has 6 nitrogen and oxygen atoms in total. The van der Waals surface area contributed by atoms with E-state index in [4.69, 9.17) is 40.4 Å². The van der Waals surface area contributed by atoms with Gasteiger partial charge in [0, 0.05) is 34.4 Å². The number of benzodiazepines with no additional fused rings is 1. The summed E-state index contributed by atoms with van der Waals surface area (Å²) in [5.41, 5.74) is 3.52. The number of aromatic nitrogens is 1. The van der Waals surface area contributed by atoms with Gasteiger partial charge in [0.05, 0.1) is 11.4 Å². The Morgan fingerprint density at radius 1 is 1.09 bits per heavy atom. The van der Waals surface area contributed by atoms with Crippen LogP contribution in [-0.4, -0.2) is 34.9 Å². The highest BCUT2D eigenvalue weighted by atomic mass is 35.5. The summed E-state index contributed by atoms with van der Waals surface area (Å²) >= 11 is 18.2. The molecule has 2 N–H and O–H groups in total. The normalized spacial score (nSPS) is 15.5. The number of pyridine rings is 1. The Bertz CT molecular complexity index is 1250. The largest absolute Gasteiger partial charge is 0.333 e. The number of rotatable bonds is 3. The molecule has 1 amide bonds. The van der Waals surface area contributed by atoms with Crippen molar-refractivity contribution in [1.82, 2.24) is 10.3 Å². The molecule has 0 aliphatic carbocycles. The quantitative estimate of drug-likeness (QED) is 0.522. The second-order valence-corrected chi connectivity index (χ2v) is 8.44. The smallest absolute Gasteiger partial charge is 0.272 e. The van der Waals surface area contributed by atoms with Gasteiger partial charge in [-0.1, -0.05) is 47.5 Å². The second-order valence-electron chi connectivity index (χ2n) is 7.19. The van der Waals surface area contributed by atoms with E-state index in [1.165, 1.54) is 4.90 Å². The first-order valence-corrected chi connectivity index (χ1v) is 10.9. The molecule has 0 saturated heterocycles. The van der Waals surface area contributed by atoms with Crippen molar-refractivity contribution in [3.8, 4) is 0 Å². The minimum absolute atomic E-state index is 0.227. The minimum atomic E-state index is -0.985. The van der Waals surface area contributed by atoms with E-state index in [2.05, 4.69) is 15.6 Å². The van der Waals surface area contributed by atoms with Crippen molar-refractivity contribution in [2.45, 2.75) is 13.1 Å². The van der Waals surface area contributed by atoms with E-state index in [1.807, 2.05) is 37.3 Å². The summed E-state index contributed by atoms with van der Waals surface area (Å²) < 4.78 is 0. The highest BCUT2D eigenvalue weighted by molar-refractivity contribution is 7.80. The van der Waals surface area contributed by atoms with E-state index in [1.54, 1.807) is 37.5 Å². The lowest BCUT2D eigenvalue weighted by Crippen LogP contribution is -2.47. The van der Waals surface area contributed by atoms with Crippen LogP contribution in [-0.2, 0) is 4.79 Å². The predicted octanol–water partition coefficient (Wildman–Crippen LogP) is 4.82. The maximum Gasteiger partial charge on any atom is 0.272 e. The van der Waals surface area contributed by atoms with Crippen LogP contribution in [0.1, 0.15) is 16.7 Å². The molecule has 4 rings (SSSR count). The van der Waals surface area contributed by atoms with Crippen LogP contribution in [0.5, 0.6) is 0 Å². The fourth-order valence-electron chi connectivity index (χ4n) is 3.39. The molecule has 0 bridgehead atoms. The van der Waals surface area contributed by atoms with Crippen molar-refractivity contribution in [1.29, 1.82) is 0 Å². The molecule has 2 aromatic carbocycles. The summed E-state index contributed by atoms with van der Waals surface area (Å²) in [6.07, 6.45) is 0.679. The lowest BCUT2D eigenvalue weighted by molar-refractivity contribution is -0.119. The van der Waals surface area contributed by atoms with E-state index < -0.39 is 6.17 Å². The summed E-state index contributed by atoms with van der Waals surface area (Å²) in [5, 5.41) is 7.31. The van der Waals surface area contributed by atoms with Gasteiger partial charge in [-0.05, 0) is 55.0 Å². The monoisotopic (exact) mass is 483 g/mol. The molecule has 32 heavy (non-hydrogen) atoms. The Hall–Kier alpha value is -3.00. The van der Waals surface area contributed by atoms with Gasteiger partial charge in [-0.2, -0.15) is 0 Å². The maximum absolute atomic E-state index is 13.3. The summed E-state index contributed by atoms with van der Waals surface area (Å²) in [6.45, 7) is 1.91. The number of hydrogen-bond acceptors (Lipinski definition) is 4. The van der Waals surface area contributed by atoms with Gasteiger partial charge in [0.2, 0.25) is 6.17 Å². The molecule has 1 aliphatic heterocycles. The number of benzene rings is 2. The number of hydrogen-bond donors (Lipinski definition) is 2. The average Bonchev–Trinajstić information content (AvgIpc) is 2.86. The molecule has 0 radical (unpaired) electrons. The summed E-state index contributed by atoms with van der Waals surface area (Å²) in [5.74, 6) is 0.322. The fraction of sp³-hybridized carbons (Fsp3) is 0.130. The molecule has 0 fully saturated rings. The number of carbonyl (C=O) groups is 1. The predicted molar refractivity (Wildman–Crippen MR) is 134 cm³/mol. The number of halogens is 2. The van der Waals surface area contributed by atoms with Gasteiger partial charge < -0.3 is 15.5 Å². The molecule has 0 saturated carbocycles. The molecule has 3 aromatic rings. The Morgan fingerprint density at radius 3 is 2.62 bits per heavy atom. The van der Waals surface area contributed by atoms with Gasteiger partial charge in [0.1, 0.15) is 5.82 Å². The topological polar surface area (TPSA) is 69.6 Å². The standard InChI is InChI=1S/C23H19Cl2N5OS/c1-13-6-5-11-26-20(13)28-23(32)29-21-22(31)30(2)18-10-9-14(24)12-16(18)19(27-21)15-7-3-4-8-17(15)25/h3-12,21H,1-2H3,(H2,26,28,29,32). The van der Waals surface area contributed by atoms with Crippen molar-refractivity contribution in [2.24, 2.45) is 4.99 Å². The van der Waals surface area contributed by atoms with Crippen molar-refractivity contribution >= 4 is 63.7 Å². The molecular formula is C23H19Cl2N5OS. The Kier molecular flexibility index (Phi) is 6.41. The van der Waals surface area contributed by atoms with Crippen LogP contribution in [0.4, 0.5) is 11.5 Å². The molecule has 0 spiro atoms. The number of amides is 1. The van der Waals surface area contributed by atoms with E-state index in [0.717, 1.165) is 5.56 Å². The highest BCUT2D eigenvalue weighted by Crippen LogP contribution is 2.31.